The fourth-order valence-corrected chi connectivity index (χ4v) is 1.60. The van der Waals surface area contributed by atoms with Crippen LogP contribution < -0.4 is 0 Å². The van der Waals surface area contributed by atoms with Gasteiger partial charge in [-0.25, -0.2) is 0 Å². The van der Waals surface area contributed by atoms with Crippen molar-refractivity contribution in [1.29, 1.82) is 0 Å². The van der Waals surface area contributed by atoms with E-state index in [0.717, 1.165) is 25.7 Å². The second kappa shape index (κ2) is 4.46. The molecule has 1 rings (SSSR count). The van der Waals surface area contributed by atoms with E-state index in [2.05, 4.69) is 19.6 Å². The fraction of sp³-hybridized carbons (Fsp3) is 0.636. The first-order chi connectivity index (χ1) is 5.77. The Morgan fingerprint density at radius 2 is 2.50 bits per heavy atom. The van der Waals surface area contributed by atoms with E-state index in [9.17, 15) is 0 Å². The minimum absolute atomic E-state index is 0.336. The van der Waals surface area contributed by atoms with Gasteiger partial charge in [-0.05, 0) is 37.2 Å². The first-order valence-corrected chi connectivity index (χ1v) is 4.76. The maximum Gasteiger partial charge on any atom is 0.0462 e. The van der Waals surface area contributed by atoms with Crippen LogP contribution >= 0.6 is 0 Å². The number of hydrogen-bond donors (Lipinski definition) is 1. The van der Waals surface area contributed by atoms with E-state index >= 15 is 0 Å². The van der Waals surface area contributed by atoms with Gasteiger partial charge in [0, 0.05) is 6.61 Å². The first-order valence-electron chi connectivity index (χ1n) is 4.76. The predicted octanol–water partition coefficient (Wildman–Crippen LogP) is 2.67. The molecule has 0 aromatic rings. The summed E-state index contributed by atoms with van der Waals surface area (Å²) in [5.41, 5.74) is 2.69. The molecule has 0 aromatic carbocycles. The molecule has 1 N–H and O–H groups in total. The summed E-state index contributed by atoms with van der Waals surface area (Å²) in [7, 11) is 0. The van der Waals surface area contributed by atoms with Gasteiger partial charge in [-0.3, -0.25) is 0 Å². The molecule has 1 unspecified atom stereocenters. The molecule has 0 fully saturated rings. The lowest BCUT2D eigenvalue weighted by Gasteiger charge is -2.20. The minimum Gasteiger partial charge on any atom is -0.396 e. The van der Waals surface area contributed by atoms with Gasteiger partial charge in [0.05, 0.1) is 0 Å². The average Bonchev–Trinajstić information content (AvgIpc) is 2.17. The molecule has 12 heavy (non-hydrogen) atoms. The lowest BCUT2D eigenvalue weighted by atomic mass is 9.87. The van der Waals surface area contributed by atoms with Crippen LogP contribution in [0.3, 0.4) is 0 Å². The van der Waals surface area contributed by atoms with E-state index in [0.29, 0.717) is 12.5 Å². The lowest BCUT2D eigenvalue weighted by Crippen LogP contribution is -2.10. The predicted molar refractivity (Wildman–Crippen MR) is 51.9 cm³/mol. The summed E-state index contributed by atoms with van der Waals surface area (Å²) in [6.07, 6.45) is 6.57. The molecule has 0 bridgehead atoms. The van der Waals surface area contributed by atoms with Crippen molar-refractivity contribution in [2.24, 2.45) is 5.92 Å². The van der Waals surface area contributed by atoms with Crippen molar-refractivity contribution < 1.29 is 5.11 Å². The monoisotopic (exact) mass is 166 g/mol. The molecule has 0 amide bonds. The second-order valence-corrected chi connectivity index (χ2v) is 3.51. The molecule has 1 aliphatic rings. The first kappa shape index (κ1) is 9.53. The molecule has 68 valence electrons. The van der Waals surface area contributed by atoms with E-state index < -0.39 is 0 Å². The van der Waals surface area contributed by atoms with Crippen molar-refractivity contribution in [3.63, 3.8) is 0 Å². The van der Waals surface area contributed by atoms with Gasteiger partial charge in [0.1, 0.15) is 0 Å². The zero-order valence-corrected chi connectivity index (χ0v) is 7.84. The van der Waals surface area contributed by atoms with Crippen LogP contribution in [0.2, 0.25) is 0 Å². The molecule has 0 saturated carbocycles. The summed E-state index contributed by atoms with van der Waals surface area (Å²) in [4.78, 5) is 0. The molecule has 1 aliphatic carbocycles. The van der Waals surface area contributed by atoms with Gasteiger partial charge < -0.3 is 5.11 Å². The van der Waals surface area contributed by atoms with Crippen LogP contribution in [0, 0.1) is 5.92 Å². The number of aliphatic hydroxyl groups is 1. The number of hydrogen-bond acceptors (Lipinski definition) is 1. The van der Waals surface area contributed by atoms with Crippen LogP contribution in [0.5, 0.6) is 0 Å². The number of rotatable bonds is 3. The smallest absolute Gasteiger partial charge is 0.0462 e. The normalized spacial score (nSPS) is 23.5. The number of allylic oxidation sites excluding steroid dienone is 3. The molecule has 1 atom stereocenters. The van der Waals surface area contributed by atoms with Crippen LogP contribution in [-0.4, -0.2) is 11.7 Å². The Hall–Kier alpha value is -0.560. The Bertz CT molecular complexity index is 191. The van der Waals surface area contributed by atoms with Gasteiger partial charge in [0.25, 0.3) is 0 Å². The van der Waals surface area contributed by atoms with Gasteiger partial charge in [-0.15, -0.1) is 0 Å². The largest absolute Gasteiger partial charge is 0.396 e. The van der Waals surface area contributed by atoms with Gasteiger partial charge in [-0.2, -0.15) is 0 Å². The Kier molecular flexibility index (Phi) is 3.54. The number of aliphatic hydroxyl groups excluding tert-OH is 1. The van der Waals surface area contributed by atoms with Gasteiger partial charge in [0.2, 0.25) is 0 Å². The summed E-state index contributed by atoms with van der Waals surface area (Å²) in [5, 5.41) is 8.92. The second-order valence-electron chi connectivity index (χ2n) is 3.51. The van der Waals surface area contributed by atoms with E-state index in [1.54, 1.807) is 0 Å². The van der Waals surface area contributed by atoms with Crippen molar-refractivity contribution in [1.82, 2.24) is 0 Å². The Balaban J connectivity index is 2.49. The van der Waals surface area contributed by atoms with Crippen LogP contribution in [-0.2, 0) is 0 Å². The Morgan fingerprint density at radius 1 is 1.75 bits per heavy atom. The zero-order valence-electron chi connectivity index (χ0n) is 7.84. The van der Waals surface area contributed by atoms with Crippen LogP contribution in [0.25, 0.3) is 0 Å². The molecule has 0 spiro atoms. The third-order valence-corrected chi connectivity index (χ3v) is 2.66. The highest BCUT2D eigenvalue weighted by Crippen LogP contribution is 2.27. The molecule has 0 radical (unpaired) electrons. The Morgan fingerprint density at radius 3 is 2.92 bits per heavy atom. The third-order valence-electron chi connectivity index (χ3n) is 2.66. The van der Waals surface area contributed by atoms with Gasteiger partial charge in [0.15, 0.2) is 0 Å². The highest BCUT2D eigenvalue weighted by atomic mass is 16.3. The molecule has 0 heterocycles. The maximum atomic E-state index is 8.92. The summed E-state index contributed by atoms with van der Waals surface area (Å²) in [6, 6.07) is 0. The highest BCUT2D eigenvalue weighted by molar-refractivity contribution is 5.29. The molecular weight excluding hydrogens is 148 g/mol. The maximum absolute atomic E-state index is 8.92. The standard InChI is InChI=1S/C11H18O/c1-3-9(2)11-6-4-10(8-12)5-7-11/h6,10,12H,2-5,7-8H2,1H3. The fourth-order valence-electron chi connectivity index (χ4n) is 1.60. The van der Waals surface area contributed by atoms with E-state index in [-0.39, 0.29) is 0 Å². The van der Waals surface area contributed by atoms with Gasteiger partial charge in [-0.1, -0.05) is 25.2 Å². The van der Waals surface area contributed by atoms with Crippen LogP contribution in [0.15, 0.2) is 23.8 Å². The summed E-state index contributed by atoms with van der Waals surface area (Å²) in [5.74, 6) is 0.499. The zero-order chi connectivity index (χ0) is 8.97. The van der Waals surface area contributed by atoms with E-state index in [1.807, 2.05) is 0 Å². The van der Waals surface area contributed by atoms with E-state index in [4.69, 9.17) is 5.11 Å². The molecule has 0 aromatic heterocycles. The van der Waals surface area contributed by atoms with E-state index in [1.165, 1.54) is 11.1 Å². The van der Waals surface area contributed by atoms with Gasteiger partial charge >= 0.3 is 0 Å². The minimum atomic E-state index is 0.336. The average molecular weight is 166 g/mol. The summed E-state index contributed by atoms with van der Waals surface area (Å²) >= 11 is 0. The van der Waals surface area contributed by atoms with Crippen molar-refractivity contribution in [3.05, 3.63) is 23.8 Å². The van der Waals surface area contributed by atoms with Crippen molar-refractivity contribution in [3.8, 4) is 0 Å². The summed E-state index contributed by atoms with van der Waals surface area (Å²) in [6.45, 7) is 6.49. The summed E-state index contributed by atoms with van der Waals surface area (Å²) < 4.78 is 0. The molecule has 1 heteroatoms. The topological polar surface area (TPSA) is 20.2 Å². The lowest BCUT2D eigenvalue weighted by molar-refractivity contribution is 0.216. The van der Waals surface area contributed by atoms with Crippen LogP contribution in [0.4, 0.5) is 0 Å². The molecule has 0 aliphatic heterocycles. The van der Waals surface area contributed by atoms with Crippen molar-refractivity contribution >= 4 is 0 Å². The third kappa shape index (κ3) is 2.21. The molecule has 0 saturated heterocycles. The SMILES string of the molecule is C=C(CC)C1=CCC(CO)CC1. The molecule has 1 nitrogen and oxygen atoms in total. The van der Waals surface area contributed by atoms with Crippen LogP contribution in [0.1, 0.15) is 32.6 Å². The van der Waals surface area contributed by atoms with Crippen molar-refractivity contribution in [2.45, 2.75) is 32.6 Å². The highest BCUT2D eigenvalue weighted by Gasteiger charge is 2.13. The van der Waals surface area contributed by atoms with Crippen molar-refractivity contribution in [2.75, 3.05) is 6.61 Å². The molecular formula is C11H18O. The Labute approximate surface area is 74.8 Å². The quantitative estimate of drug-likeness (QED) is 0.683.